The number of aliphatic hydroxyl groups excluding tert-OH is 23. The Morgan fingerprint density at radius 2 is 0.772 bits per heavy atom. The van der Waals surface area contributed by atoms with Gasteiger partial charge in [0.25, 0.3) is 5.79 Å². The minimum atomic E-state index is -3.26. The van der Waals surface area contributed by atoms with Crippen molar-refractivity contribution in [2.24, 2.45) is 0 Å². The highest BCUT2D eigenvalue weighted by atomic mass is 16.8. The number of carbonyl (C=O) groups is 1. The van der Waals surface area contributed by atoms with Gasteiger partial charge in [0.15, 0.2) is 31.5 Å². The molecule has 25 N–H and O–H groups in total. The van der Waals surface area contributed by atoms with Crippen LogP contribution in [0.3, 0.4) is 0 Å². The molecule has 0 amide bonds. The highest BCUT2D eigenvalue weighted by Crippen LogP contribution is 2.40. The van der Waals surface area contributed by atoms with E-state index in [1.807, 2.05) is 0 Å². The van der Waals surface area contributed by atoms with E-state index in [1.54, 1.807) is 0 Å². The molecule has 6 saturated heterocycles. The molecule has 0 radical (unpaired) electrons. The van der Waals surface area contributed by atoms with Gasteiger partial charge in [0.05, 0.1) is 45.7 Å². The van der Waals surface area contributed by atoms with Crippen molar-refractivity contribution in [3.8, 4) is 0 Å². The standard InChI is InChI=1S/C42H72O37/c43-2-9(49)27-19(58)17(56)23(62)36(71-27)69-7-14-15(54)16(55)24(63)37(70-14)78-35-31(12(52)5-46)75-39(74-30-8(48)1-42(68,41(66)67)79-32(30)13(53)6-47)26(65)33(35)76-40-34(22(61)21(60)29(73-40)11(51)4-45)77-38-25(64)18(57)20(59)28(72-38)10(50)3-44/h8-40,43-65,68H,1-7H2,(H,66,67)/t8-,9-,10+,11+,12+,13-,14-,15-,16+,17+,18+,19+,20+,21+,22+,23+,24-,25+,26+,27-,28-,29-,30-,31-,32-,33-,34+,35-,36+,37+,38-,39+,40-,42-/m1/s1. The second kappa shape index (κ2) is 27.8. The first-order chi connectivity index (χ1) is 37.1. The third-order valence-electron chi connectivity index (χ3n) is 14.3. The summed E-state index contributed by atoms with van der Waals surface area (Å²) in [6.07, 6.45) is -75.1. The van der Waals surface area contributed by atoms with Crippen molar-refractivity contribution in [2.45, 2.75) is 215 Å². The van der Waals surface area contributed by atoms with Crippen molar-refractivity contribution in [1.29, 1.82) is 0 Å². The number of rotatable bonds is 22. The van der Waals surface area contributed by atoms with Gasteiger partial charge in [-0.25, -0.2) is 4.79 Å². The minimum Gasteiger partial charge on any atom is -0.477 e. The molecular formula is C42H72O37. The van der Waals surface area contributed by atoms with Gasteiger partial charge in [-0.2, -0.15) is 0 Å². The fourth-order valence-electron chi connectivity index (χ4n) is 9.71. The molecule has 34 atom stereocenters. The molecule has 6 aliphatic rings. The molecule has 37 heteroatoms. The van der Waals surface area contributed by atoms with Crippen molar-refractivity contribution < 1.29 is 185 Å². The first-order valence-electron chi connectivity index (χ1n) is 24.5. The van der Waals surface area contributed by atoms with E-state index >= 15 is 0 Å². The van der Waals surface area contributed by atoms with Gasteiger partial charge in [-0.05, 0) is 0 Å². The molecule has 0 unspecified atom stereocenters. The molecule has 6 aliphatic heterocycles. The van der Waals surface area contributed by atoms with Crippen LogP contribution in [-0.4, -0.2) is 381 Å². The summed E-state index contributed by atoms with van der Waals surface area (Å²) in [5.74, 6) is -5.36. The summed E-state index contributed by atoms with van der Waals surface area (Å²) >= 11 is 0. The topological polar surface area (TPSA) is 624 Å². The molecule has 0 spiro atoms. The summed E-state index contributed by atoms with van der Waals surface area (Å²) in [7, 11) is 0. The second-order valence-electron chi connectivity index (χ2n) is 19.7. The molecule has 0 aromatic carbocycles. The van der Waals surface area contributed by atoms with Crippen LogP contribution in [0, 0.1) is 0 Å². The summed E-state index contributed by atoms with van der Waals surface area (Å²) in [6.45, 7) is -7.03. The van der Waals surface area contributed by atoms with Crippen molar-refractivity contribution in [2.75, 3.05) is 39.6 Å². The Labute approximate surface area is 444 Å². The molecular weight excluding hydrogens is 1100 g/mol. The third kappa shape index (κ3) is 13.9. The smallest absolute Gasteiger partial charge is 0.364 e. The van der Waals surface area contributed by atoms with Gasteiger partial charge in [-0.15, -0.1) is 0 Å². The average Bonchev–Trinajstić information content (AvgIpc) is 3.54. The van der Waals surface area contributed by atoms with Crippen LogP contribution in [0.5, 0.6) is 0 Å². The van der Waals surface area contributed by atoms with E-state index in [0.29, 0.717) is 0 Å². The number of carboxylic acid groups (broad SMARTS) is 1. The van der Waals surface area contributed by atoms with E-state index in [-0.39, 0.29) is 0 Å². The average molecular weight is 1170 g/mol. The van der Waals surface area contributed by atoms with Crippen molar-refractivity contribution in [1.82, 2.24) is 0 Å². The molecule has 79 heavy (non-hydrogen) atoms. The Kier molecular flexibility index (Phi) is 23.3. The first-order valence-corrected chi connectivity index (χ1v) is 24.5. The van der Waals surface area contributed by atoms with Crippen LogP contribution < -0.4 is 0 Å². The zero-order chi connectivity index (χ0) is 58.9. The lowest BCUT2D eigenvalue weighted by atomic mass is 9.91. The van der Waals surface area contributed by atoms with Gasteiger partial charge < -0.3 is 180 Å². The van der Waals surface area contributed by atoms with Gasteiger partial charge in [0, 0.05) is 6.42 Å². The zero-order valence-electron chi connectivity index (χ0n) is 41.1. The van der Waals surface area contributed by atoms with Crippen LogP contribution in [0.15, 0.2) is 0 Å². The fraction of sp³-hybridized carbons (Fsp3) is 0.976. The molecule has 6 rings (SSSR count). The van der Waals surface area contributed by atoms with E-state index in [1.165, 1.54) is 0 Å². The number of aliphatic hydroxyl groups is 24. The predicted molar refractivity (Wildman–Crippen MR) is 234 cm³/mol. The fourth-order valence-corrected chi connectivity index (χ4v) is 9.71. The Morgan fingerprint density at radius 1 is 0.405 bits per heavy atom. The number of carboxylic acids is 1. The molecule has 0 aromatic heterocycles. The molecule has 462 valence electrons. The van der Waals surface area contributed by atoms with Gasteiger partial charge in [0.2, 0.25) is 0 Å². The van der Waals surface area contributed by atoms with Crippen molar-refractivity contribution in [3.63, 3.8) is 0 Å². The summed E-state index contributed by atoms with van der Waals surface area (Å²) < 4.78 is 62.3. The van der Waals surface area contributed by atoms with E-state index in [9.17, 15) is 132 Å². The molecule has 6 fully saturated rings. The summed E-state index contributed by atoms with van der Waals surface area (Å²) in [5.41, 5.74) is 0. The van der Waals surface area contributed by atoms with Crippen LogP contribution >= 0.6 is 0 Å². The number of aliphatic carboxylic acids is 1. The molecule has 0 bridgehead atoms. The van der Waals surface area contributed by atoms with Crippen LogP contribution in [0.25, 0.3) is 0 Å². The van der Waals surface area contributed by atoms with Gasteiger partial charge in [-0.1, -0.05) is 0 Å². The molecule has 0 saturated carbocycles. The van der Waals surface area contributed by atoms with Crippen LogP contribution in [-0.2, 0) is 56.9 Å². The van der Waals surface area contributed by atoms with E-state index in [4.69, 9.17) is 52.1 Å². The Hall–Kier alpha value is -1.93. The van der Waals surface area contributed by atoms with Gasteiger partial charge in [0.1, 0.15) is 165 Å². The van der Waals surface area contributed by atoms with Crippen LogP contribution in [0.4, 0.5) is 0 Å². The number of ether oxygens (including phenoxy) is 11. The maximum atomic E-state index is 12.3. The highest BCUT2D eigenvalue weighted by Gasteiger charge is 2.61. The lowest BCUT2D eigenvalue weighted by Gasteiger charge is -2.52. The summed E-state index contributed by atoms with van der Waals surface area (Å²) in [4.78, 5) is 12.0. The largest absolute Gasteiger partial charge is 0.477 e. The van der Waals surface area contributed by atoms with Crippen molar-refractivity contribution >= 4 is 5.97 Å². The number of hydrogen-bond acceptors (Lipinski definition) is 36. The molecule has 37 nitrogen and oxygen atoms in total. The Balaban J connectivity index is 1.41. The van der Waals surface area contributed by atoms with E-state index in [0.717, 1.165) is 0 Å². The normalized spacial score (nSPS) is 49.1. The maximum absolute atomic E-state index is 12.3. The van der Waals surface area contributed by atoms with E-state index in [2.05, 4.69) is 0 Å². The van der Waals surface area contributed by atoms with Crippen LogP contribution in [0.2, 0.25) is 0 Å². The monoisotopic (exact) mass is 1170 g/mol. The second-order valence-corrected chi connectivity index (χ2v) is 19.7. The van der Waals surface area contributed by atoms with Gasteiger partial charge >= 0.3 is 5.97 Å². The SMILES string of the molecule is O=C(O)[C@@]1(O)C[C@@H](O)[C@@H](O[C@H]2O[C@H]([C@@H](O)CO)[C@@H](O[C@@H]3O[C@H](CO[C@H]4O[C@H]([C@H](O)CO)[C@@H](O)[C@H](O)[C@@H]4O)[C@@H](O)[C@H](O)[C@H]3O)[C@H](O[C@H]3O[C@H]([C@@H](O)CO)[C@@H](O)[C@H](O)[C@@H]3O[C@H]3O[C@H]([C@@H](O)CO)[C@@H](O)[C@H](O)[C@@H]3O)[C@@H]2O)[C@@H]([C@H](O)CO)O1. The first kappa shape index (κ1) is 66.2. The predicted octanol–water partition coefficient (Wildman–Crippen LogP) is -16.8. The Morgan fingerprint density at radius 3 is 1.28 bits per heavy atom. The van der Waals surface area contributed by atoms with Gasteiger partial charge in [-0.3, -0.25) is 0 Å². The zero-order valence-corrected chi connectivity index (χ0v) is 41.1. The maximum Gasteiger partial charge on any atom is 0.364 e. The quantitative estimate of drug-likeness (QED) is 0.0479. The summed E-state index contributed by atoms with van der Waals surface area (Å²) in [6, 6.07) is 0. The van der Waals surface area contributed by atoms with Crippen molar-refractivity contribution in [3.05, 3.63) is 0 Å². The number of hydrogen-bond donors (Lipinski definition) is 25. The molecule has 0 aliphatic carbocycles. The Bertz CT molecular complexity index is 1880. The molecule has 6 heterocycles. The van der Waals surface area contributed by atoms with E-state index < -0.39 is 260 Å². The minimum absolute atomic E-state index is 1.02. The molecule has 0 aromatic rings. The third-order valence-corrected chi connectivity index (χ3v) is 14.3. The summed E-state index contributed by atoms with van der Waals surface area (Å²) in [5, 5.41) is 266. The lowest BCUT2D eigenvalue weighted by Crippen LogP contribution is -2.70. The highest BCUT2D eigenvalue weighted by molar-refractivity contribution is 5.75. The van der Waals surface area contributed by atoms with Crippen LogP contribution in [0.1, 0.15) is 6.42 Å². The lowest BCUT2D eigenvalue weighted by molar-refractivity contribution is -0.415.